The Kier molecular flexibility index (Phi) is 5.48. The molecule has 1 aliphatic heterocycles. The molecule has 1 saturated heterocycles. The van der Waals surface area contributed by atoms with Gasteiger partial charge in [-0.25, -0.2) is 0 Å². The summed E-state index contributed by atoms with van der Waals surface area (Å²) < 4.78 is 5.61. The lowest BCUT2D eigenvalue weighted by Gasteiger charge is -2.17. The van der Waals surface area contributed by atoms with Crippen LogP contribution in [0.5, 0.6) is 0 Å². The summed E-state index contributed by atoms with van der Waals surface area (Å²) in [6.45, 7) is 1.12. The average molecular weight is 269 g/mol. The van der Waals surface area contributed by atoms with Crippen LogP contribution in [0.1, 0.15) is 31.2 Å². The first-order valence-electron chi connectivity index (χ1n) is 6.75. The molecule has 0 spiro atoms. The largest absolute Gasteiger partial charge is 0.396 e. The van der Waals surface area contributed by atoms with E-state index in [1.54, 1.807) is 0 Å². The van der Waals surface area contributed by atoms with Gasteiger partial charge in [-0.05, 0) is 49.7 Å². The first kappa shape index (κ1) is 13.9. The van der Waals surface area contributed by atoms with E-state index in [1.165, 1.54) is 12.8 Å². The summed E-state index contributed by atoms with van der Waals surface area (Å²) in [7, 11) is 0. The van der Waals surface area contributed by atoms with Crippen LogP contribution in [0.3, 0.4) is 0 Å². The summed E-state index contributed by atoms with van der Waals surface area (Å²) in [5.74, 6) is 0.286. The summed E-state index contributed by atoms with van der Waals surface area (Å²) in [5, 5.41) is 10.3. The number of hydrogen-bond donors (Lipinski definition) is 1. The molecular weight excluding hydrogens is 248 g/mol. The molecule has 0 saturated carbocycles. The van der Waals surface area contributed by atoms with Crippen molar-refractivity contribution in [2.75, 3.05) is 13.2 Å². The minimum Gasteiger partial charge on any atom is -0.396 e. The van der Waals surface area contributed by atoms with Gasteiger partial charge in [0.2, 0.25) is 0 Å². The Hall–Kier alpha value is -0.570. The predicted molar refractivity (Wildman–Crippen MR) is 73.9 cm³/mol. The van der Waals surface area contributed by atoms with E-state index < -0.39 is 0 Å². The molecule has 1 aromatic carbocycles. The molecule has 1 heterocycles. The monoisotopic (exact) mass is 268 g/mol. The summed E-state index contributed by atoms with van der Waals surface area (Å²) in [4.78, 5) is 0. The average Bonchev–Trinajstić information content (AvgIpc) is 2.90. The zero-order chi connectivity index (χ0) is 12.8. The zero-order valence-electron chi connectivity index (χ0n) is 10.6. The van der Waals surface area contributed by atoms with E-state index in [9.17, 15) is 5.11 Å². The second-order valence-electron chi connectivity index (χ2n) is 5.06. The molecule has 0 aromatic heterocycles. The Morgan fingerprint density at radius 3 is 2.89 bits per heavy atom. The third-order valence-electron chi connectivity index (χ3n) is 3.65. The Morgan fingerprint density at radius 2 is 2.22 bits per heavy atom. The van der Waals surface area contributed by atoms with Crippen molar-refractivity contribution >= 4 is 11.6 Å². The van der Waals surface area contributed by atoms with E-state index in [1.807, 2.05) is 24.3 Å². The van der Waals surface area contributed by atoms with Crippen molar-refractivity contribution in [1.82, 2.24) is 0 Å². The number of hydrogen-bond acceptors (Lipinski definition) is 2. The van der Waals surface area contributed by atoms with Crippen molar-refractivity contribution in [2.24, 2.45) is 5.92 Å². The molecule has 1 fully saturated rings. The molecule has 2 nitrogen and oxygen atoms in total. The highest BCUT2D eigenvalue weighted by Crippen LogP contribution is 2.24. The smallest absolute Gasteiger partial charge is 0.0576 e. The van der Waals surface area contributed by atoms with Crippen LogP contribution in [0.15, 0.2) is 24.3 Å². The fourth-order valence-corrected chi connectivity index (χ4v) is 2.74. The molecule has 1 aromatic rings. The Labute approximate surface area is 114 Å². The predicted octanol–water partition coefficient (Wildman–Crippen LogP) is 3.45. The van der Waals surface area contributed by atoms with E-state index >= 15 is 0 Å². The third kappa shape index (κ3) is 3.98. The lowest BCUT2D eigenvalue weighted by Crippen LogP contribution is -2.14. The van der Waals surface area contributed by atoms with Gasteiger partial charge in [-0.15, -0.1) is 0 Å². The minimum atomic E-state index is 0.220. The van der Waals surface area contributed by atoms with Gasteiger partial charge in [0, 0.05) is 18.2 Å². The van der Waals surface area contributed by atoms with E-state index in [0.29, 0.717) is 6.10 Å². The van der Waals surface area contributed by atoms with Crippen molar-refractivity contribution in [3.63, 3.8) is 0 Å². The maximum Gasteiger partial charge on any atom is 0.0576 e. The first-order chi connectivity index (χ1) is 8.79. The number of aliphatic hydroxyl groups excluding tert-OH is 1. The maximum atomic E-state index is 9.47. The van der Waals surface area contributed by atoms with Crippen LogP contribution < -0.4 is 0 Å². The van der Waals surface area contributed by atoms with Crippen LogP contribution in [0.4, 0.5) is 0 Å². The van der Waals surface area contributed by atoms with Crippen LogP contribution in [0, 0.1) is 5.92 Å². The molecule has 0 radical (unpaired) electrons. The molecule has 3 heteroatoms. The van der Waals surface area contributed by atoms with Crippen molar-refractivity contribution < 1.29 is 9.84 Å². The van der Waals surface area contributed by atoms with Gasteiger partial charge in [-0.2, -0.15) is 0 Å². The molecule has 0 bridgehead atoms. The molecule has 100 valence electrons. The standard InChI is InChI=1S/C15H21ClO2/c16-15-6-2-1-4-13(15)10-12(11-17)7-8-14-5-3-9-18-14/h1-2,4,6,12,14,17H,3,5,7-11H2. The normalized spacial score (nSPS) is 21.1. The Bertz CT molecular complexity index is 361. The fraction of sp³-hybridized carbons (Fsp3) is 0.600. The van der Waals surface area contributed by atoms with E-state index in [2.05, 4.69) is 0 Å². The molecule has 18 heavy (non-hydrogen) atoms. The van der Waals surface area contributed by atoms with Crippen molar-refractivity contribution in [3.8, 4) is 0 Å². The number of ether oxygens (including phenoxy) is 1. The minimum absolute atomic E-state index is 0.220. The highest BCUT2D eigenvalue weighted by Gasteiger charge is 2.18. The molecule has 0 aliphatic carbocycles. The lowest BCUT2D eigenvalue weighted by atomic mass is 9.93. The maximum absolute atomic E-state index is 9.47. The number of benzene rings is 1. The Balaban J connectivity index is 1.83. The van der Waals surface area contributed by atoms with Crippen LogP contribution >= 0.6 is 11.6 Å². The summed E-state index contributed by atoms with van der Waals surface area (Å²) in [5.41, 5.74) is 1.13. The van der Waals surface area contributed by atoms with Crippen molar-refractivity contribution in [1.29, 1.82) is 0 Å². The molecule has 2 rings (SSSR count). The lowest BCUT2D eigenvalue weighted by molar-refractivity contribution is 0.0932. The number of halogens is 1. The number of rotatable bonds is 6. The summed E-state index contributed by atoms with van der Waals surface area (Å²) in [6.07, 6.45) is 5.67. The third-order valence-corrected chi connectivity index (χ3v) is 4.01. The van der Waals surface area contributed by atoms with Gasteiger partial charge in [0.1, 0.15) is 0 Å². The summed E-state index contributed by atoms with van der Waals surface area (Å²) in [6, 6.07) is 7.88. The second-order valence-corrected chi connectivity index (χ2v) is 5.46. The van der Waals surface area contributed by atoms with Crippen LogP contribution in [-0.2, 0) is 11.2 Å². The quantitative estimate of drug-likeness (QED) is 0.856. The van der Waals surface area contributed by atoms with Gasteiger partial charge >= 0.3 is 0 Å². The van der Waals surface area contributed by atoms with Crippen molar-refractivity contribution in [3.05, 3.63) is 34.9 Å². The first-order valence-corrected chi connectivity index (χ1v) is 7.13. The molecule has 2 unspecified atom stereocenters. The molecule has 0 amide bonds. The van der Waals surface area contributed by atoms with Gasteiger partial charge in [-0.1, -0.05) is 29.8 Å². The van der Waals surface area contributed by atoms with Gasteiger partial charge in [0.25, 0.3) is 0 Å². The number of aliphatic hydroxyl groups is 1. The fourth-order valence-electron chi connectivity index (χ4n) is 2.53. The van der Waals surface area contributed by atoms with E-state index in [0.717, 1.165) is 36.5 Å². The summed E-state index contributed by atoms with van der Waals surface area (Å²) >= 11 is 6.15. The molecular formula is C15H21ClO2. The van der Waals surface area contributed by atoms with Gasteiger partial charge in [0.15, 0.2) is 0 Å². The molecule has 1 N–H and O–H groups in total. The van der Waals surface area contributed by atoms with Gasteiger partial charge in [0.05, 0.1) is 6.10 Å². The second kappa shape index (κ2) is 7.13. The highest BCUT2D eigenvalue weighted by atomic mass is 35.5. The highest BCUT2D eigenvalue weighted by molar-refractivity contribution is 6.31. The van der Waals surface area contributed by atoms with Crippen LogP contribution in [0.25, 0.3) is 0 Å². The topological polar surface area (TPSA) is 29.5 Å². The van der Waals surface area contributed by atoms with Gasteiger partial charge < -0.3 is 9.84 Å². The van der Waals surface area contributed by atoms with Gasteiger partial charge in [-0.3, -0.25) is 0 Å². The molecule has 2 atom stereocenters. The zero-order valence-corrected chi connectivity index (χ0v) is 11.4. The van der Waals surface area contributed by atoms with Crippen molar-refractivity contribution in [2.45, 2.75) is 38.2 Å². The Morgan fingerprint density at radius 1 is 1.39 bits per heavy atom. The van der Waals surface area contributed by atoms with E-state index in [4.69, 9.17) is 16.3 Å². The van der Waals surface area contributed by atoms with Crippen LogP contribution in [0.2, 0.25) is 5.02 Å². The SMILES string of the molecule is OCC(CCC1CCCO1)Cc1ccccc1Cl. The van der Waals surface area contributed by atoms with E-state index in [-0.39, 0.29) is 12.5 Å². The molecule has 1 aliphatic rings. The van der Waals surface area contributed by atoms with Crippen LogP contribution in [-0.4, -0.2) is 24.4 Å².